The molecule has 2 heterocycles. The minimum absolute atomic E-state index is 0.0404. The summed E-state index contributed by atoms with van der Waals surface area (Å²) in [6.45, 7) is 0. The Morgan fingerprint density at radius 1 is 0.964 bits per heavy atom. The zero-order chi connectivity index (χ0) is 19.3. The van der Waals surface area contributed by atoms with Gasteiger partial charge in [-0.05, 0) is 48.0 Å². The first-order valence-electron chi connectivity index (χ1n) is 8.92. The topological polar surface area (TPSA) is 24.8 Å². The lowest BCUT2D eigenvalue weighted by Gasteiger charge is -2.38. The Morgan fingerprint density at radius 2 is 1.75 bits per heavy atom. The van der Waals surface area contributed by atoms with Crippen molar-refractivity contribution >= 4 is 28.9 Å². The fourth-order valence-corrected chi connectivity index (χ4v) is 4.06. The molecule has 3 nitrogen and oxygen atoms in total. The monoisotopic (exact) mass is 412 g/mol. The molecule has 28 heavy (non-hydrogen) atoms. The third-order valence-corrected chi connectivity index (χ3v) is 5.55. The Hall–Kier alpha value is -2.56. The second kappa shape index (κ2) is 6.80. The fourth-order valence-electron chi connectivity index (χ4n) is 3.76. The summed E-state index contributed by atoms with van der Waals surface area (Å²) in [6, 6.07) is 19.6. The smallest absolute Gasteiger partial charge is 0.213 e. The van der Waals surface area contributed by atoms with Gasteiger partial charge in [0.2, 0.25) is 6.23 Å². The van der Waals surface area contributed by atoms with Crippen LogP contribution in [0.3, 0.4) is 0 Å². The van der Waals surface area contributed by atoms with Gasteiger partial charge in [0.25, 0.3) is 0 Å². The molecule has 2 aliphatic rings. The number of hydrogen-bond donors (Lipinski definition) is 0. The van der Waals surface area contributed by atoms with Crippen LogP contribution in [0.15, 0.2) is 71.8 Å². The number of halogens is 3. The minimum Gasteiger partial charge on any atom is -0.464 e. The van der Waals surface area contributed by atoms with E-state index in [-0.39, 0.29) is 11.9 Å². The summed E-state index contributed by atoms with van der Waals surface area (Å²) < 4.78 is 20.1. The fraction of sp³-hybridized carbons (Fsp3) is 0.136. The maximum atomic E-state index is 13.9. The molecule has 0 fully saturated rings. The van der Waals surface area contributed by atoms with Crippen LogP contribution < -0.4 is 4.74 Å². The van der Waals surface area contributed by atoms with Gasteiger partial charge in [-0.25, -0.2) is 9.40 Å². The largest absolute Gasteiger partial charge is 0.464 e. The maximum Gasteiger partial charge on any atom is 0.213 e. The number of hydrogen-bond acceptors (Lipinski definition) is 3. The highest BCUT2D eigenvalue weighted by Crippen LogP contribution is 2.48. The molecule has 0 saturated carbocycles. The first-order valence-corrected chi connectivity index (χ1v) is 9.67. The molecule has 5 rings (SSSR count). The van der Waals surface area contributed by atoms with Gasteiger partial charge in [0, 0.05) is 27.6 Å². The van der Waals surface area contributed by atoms with Crippen molar-refractivity contribution in [3.8, 4) is 5.75 Å². The van der Waals surface area contributed by atoms with Crippen molar-refractivity contribution in [3.63, 3.8) is 0 Å². The summed E-state index contributed by atoms with van der Waals surface area (Å²) in [5, 5.41) is 8.07. The zero-order valence-corrected chi connectivity index (χ0v) is 16.2. The average Bonchev–Trinajstić information content (AvgIpc) is 3.14. The number of benzene rings is 3. The van der Waals surface area contributed by atoms with E-state index in [2.05, 4.69) is 0 Å². The molecule has 6 heteroatoms. The Kier molecular flexibility index (Phi) is 4.26. The molecule has 2 aliphatic heterocycles. The first-order chi connectivity index (χ1) is 13.6. The van der Waals surface area contributed by atoms with Crippen molar-refractivity contribution in [2.24, 2.45) is 5.10 Å². The predicted octanol–water partition coefficient (Wildman–Crippen LogP) is 6.37. The minimum atomic E-state index is -0.515. The second-order valence-corrected chi connectivity index (χ2v) is 7.73. The number of hydrazone groups is 1. The molecule has 0 aromatic heterocycles. The van der Waals surface area contributed by atoms with Crippen LogP contribution in [-0.4, -0.2) is 10.7 Å². The van der Waals surface area contributed by atoms with Crippen LogP contribution in [0, 0.1) is 5.82 Å². The van der Waals surface area contributed by atoms with E-state index in [0.717, 1.165) is 22.6 Å². The van der Waals surface area contributed by atoms with Crippen molar-refractivity contribution in [1.82, 2.24) is 5.01 Å². The van der Waals surface area contributed by atoms with Gasteiger partial charge in [0.1, 0.15) is 11.6 Å². The van der Waals surface area contributed by atoms with E-state index in [0.29, 0.717) is 22.0 Å². The number of fused-ring (bicyclic) bond motifs is 3. The summed E-state index contributed by atoms with van der Waals surface area (Å²) in [6.07, 6.45) is 0.184. The van der Waals surface area contributed by atoms with Crippen molar-refractivity contribution < 1.29 is 9.13 Å². The Morgan fingerprint density at radius 3 is 2.54 bits per heavy atom. The molecule has 2 atom stereocenters. The predicted molar refractivity (Wildman–Crippen MR) is 108 cm³/mol. The summed E-state index contributed by atoms with van der Waals surface area (Å²) in [7, 11) is 0. The molecule has 0 bridgehead atoms. The van der Waals surface area contributed by atoms with Gasteiger partial charge >= 0.3 is 0 Å². The maximum absolute atomic E-state index is 13.9. The molecule has 0 radical (unpaired) electrons. The van der Waals surface area contributed by atoms with Gasteiger partial charge in [-0.2, -0.15) is 5.10 Å². The van der Waals surface area contributed by atoms with Crippen LogP contribution in [0.1, 0.15) is 35.4 Å². The molecule has 0 N–H and O–H groups in total. The molecular formula is C22H15Cl2FN2O. The van der Waals surface area contributed by atoms with E-state index < -0.39 is 6.23 Å². The molecule has 0 aliphatic carbocycles. The highest BCUT2D eigenvalue weighted by molar-refractivity contribution is 6.31. The standard InChI is InChI=1S/C22H15Cl2FN2O/c23-15-6-4-13(5-7-15)19-12-20-18-11-16(24)8-9-21(18)28-22(27(20)26-19)14-2-1-3-17(25)10-14/h1-11,20,22H,12H2/t20-,22-/m1/s1. The van der Waals surface area contributed by atoms with Crippen molar-refractivity contribution in [1.29, 1.82) is 0 Å². The van der Waals surface area contributed by atoms with Gasteiger partial charge < -0.3 is 4.74 Å². The average molecular weight is 413 g/mol. The van der Waals surface area contributed by atoms with Crippen LogP contribution in [-0.2, 0) is 0 Å². The molecule has 0 saturated heterocycles. The number of nitrogens with zero attached hydrogens (tertiary/aromatic N) is 2. The molecular weight excluding hydrogens is 398 g/mol. The summed E-state index contributed by atoms with van der Waals surface area (Å²) in [5.74, 6) is 0.438. The van der Waals surface area contributed by atoms with Crippen LogP contribution in [0.5, 0.6) is 5.75 Å². The molecule has 3 aromatic rings. The van der Waals surface area contributed by atoms with Gasteiger partial charge in [0.15, 0.2) is 0 Å². The van der Waals surface area contributed by atoms with Crippen LogP contribution in [0.25, 0.3) is 0 Å². The van der Waals surface area contributed by atoms with Crippen LogP contribution in [0.4, 0.5) is 4.39 Å². The molecule has 3 aromatic carbocycles. The van der Waals surface area contributed by atoms with Gasteiger partial charge in [0.05, 0.1) is 11.8 Å². The SMILES string of the molecule is Fc1cccc([C@H]2Oc3ccc(Cl)cc3[C@H]3CC(c4ccc(Cl)cc4)=NN32)c1. The third-order valence-electron chi connectivity index (χ3n) is 5.06. The van der Waals surface area contributed by atoms with Gasteiger partial charge in [-0.1, -0.05) is 47.5 Å². The highest BCUT2D eigenvalue weighted by Gasteiger charge is 2.41. The first kappa shape index (κ1) is 17.5. The molecule has 0 unspecified atom stereocenters. The molecule has 140 valence electrons. The number of rotatable bonds is 2. The second-order valence-electron chi connectivity index (χ2n) is 6.86. The number of ether oxygens (including phenoxy) is 1. The Labute approximate surface area is 172 Å². The lowest BCUT2D eigenvalue weighted by atomic mass is 9.96. The Bertz CT molecular complexity index is 1080. The normalized spacial score (nSPS) is 20.2. The highest BCUT2D eigenvalue weighted by atomic mass is 35.5. The lowest BCUT2D eigenvalue weighted by molar-refractivity contribution is -0.0192. The van der Waals surface area contributed by atoms with E-state index in [1.165, 1.54) is 12.1 Å². The Balaban J connectivity index is 1.61. The quantitative estimate of drug-likeness (QED) is 0.487. The summed E-state index contributed by atoms with van der Waals surface area (Å²) in [4.78, 5) is 0. The third kappa shape index (κ3) is 3.03. The van der Waals surface area contributed by atoms with E-state index in [1.54, 1.807) is 12.1 Å². The van der Waals surface area contributed by atoms with E-state index in [9.17, 15) is 4.39 Å². The van der Waals surface area contributed by atoms with E-state index >= 15 is 0 Å². The van der Waals surface area contributed by atoms with Crippen LogP contribution in [0.2, 0.25) is 10.0 Å². The van der Waals surface area contributed by atoms with Crippen molar-refractivity contribution in [3.05, 3.63) is 99.3 Å². The van der Waals surface area contributed by atoms with Crippen molar-refractivity contribution in [2.75, 3.05) is 0 Å². The van der Waals surface area contributed by atoms with Crippen LogP contribution >= 0.6 is 23.2 Å². The van der Waals surface area contributed by atoms with Gasteiger partial charge in [-0.3, -0.25) is 0 Å². The van der Waals surface area contributed by atoms with E-state index in [1.807, 2.05) is 47.5 Å². The van der Waals surface area contributed by atoms with Crippen molar-refractivity contribution in [2.45, 2.75) is 18.7 Å². The molecule has 0 spiro atoms. The zero-order valence-electron chi connectivity index (χ0n) is 14.6. The lowest BCUT2D eigenvalue weighted by Crippen LogP contribution is -2.33. The summed E-state index contributed by atoms with van der Waals surface area (Å²) >= 11 is 12.3. The summed E-state index contributed by atoms with van der Waals surface area (Å²) in [5.41, 5.74) is 3.62. The van der Waals surface area contributed by atoms with E-state index in [4.69, 9.17) is 33.0 Å². The molecule has 0 amide bonds. The van der Waals surface area contributed by atoms with Gasteiger partial charge in [-0.15, -0.1) is 0 Å².